The van der Waals surface area contributed by atoms with Gasteiger partial charge in [-0.1, -0.05) is 0 Å². The Morgan fingerprint density at radius 2 is 1.97 bits per heavy atom. The molecule has 0 atom stereocenters. The third-order valence-corrected chi connectivity index (χ3v) is 7.95. The van der Waals surface area contributed by atoms with Crippen molar-refractivity contribution in [3.63, 3.8) is 0 Å². The Labute approximate surface area is 188 Å². The van der Waals surface area contributed by atoms with Gasteiger partial charge in [-0.3, -0.25) is 14.5 Å². The molecule has 1 aromatic heterocycles. The van der Waals surface area contributed by atoms with Crippen LogP contribution in [-0.4, -0.2) is 49.2 Å². The molecule has 8 nitrogen and oxygen atoms in total. The summed E-state index contributed by atoms with van der Waals surface area (Å²) in [6, 6.07) is 2.27. The molecule has 1 saturated heterocycles. The van der Waals surface area contributed by atoms with E-state index in [2.05, 4.69) is 4.98 Å². The van der Waals surface area contributed by atoms with Crippen LogP contribution in [0.2, 0.25) is 0 Å². The monoisotopic (exact) mass is 487 g/mol. The predicted octanol–water partition coefficient (Wildman–Crippen LogP) is 2.94. The van der Waals surface area contributed by atoms with Gasteiger partial charge in [-0.2, -0.15) is 4.31 Å². The number of thiazole rings is 1. The SMILES string of the molecule is CCN(C(C)=O)c1nc(COC(=O)C2CCN(S(=O)(=O)c3cc(F)ccc3F)CC2)cs1. The summed E-state index contributed by atoms with van der Waals surface area (Å²) < 4.78 is 59.0. The highest BCUT2D eigenvalue weighted by molar-refractivity contribution is 7.89. The number of aromatic nitrogens is 1. The van der Waals surface area contributed by atoms with Gasteiger partial charge in [-0.05, 0) is 38.0 Å². The quantitative estimate of drug-likeness (QED) is 0.557. The summed E-state index contributed by atoms with van der Waals surface area (Å²) in [6.45, 7) is 3.67. The van der Waals surface area contributed by atoms with Crippen molar-refractivity contribution in [2.75, 3.05) is 24.5 Å². The Morgan fingerprint density at radius 1 is 1.28 bits per heavy atom. The number of sulfonamides is 1. The number of hydrogen-bond acceptors (Lipinski definition) is 7. The standard InChI is InChI=1S/C20H23F2N3O5S2/c1-3-25(13(2)26)20-23-16(12-31-20)11-30-19(27)14-6-8-24(9-7-14)32(28,29)18-10-15(21)4-5-17(18)22/h4-5,10,12,14H,3,6-9,11H2,1-2H3. The highest BCUT2D eigenvalue weighted by Gasteiger charge is 2.34. The number of hydrogen-bond donors (Lipinski definition) is 0. The number of amides is 1. The maximum absolute atomic E-state index is 13.9. The zero-order valence-corrected chi connectivity index (χ0v) is 19.2. The van der Waals surface area contributed by atoms with Crippen LogP contribution in [-0.2, 0) is 31.0 Å². The van der Waals surface area contributed by atoms with E-state index in [1.165, 1.54) is 23.2 Å². The third kappa shape index (κ3) is 5.30. The largest absolute Gasteiger partial charge is 0.459 e. The molecular weight excluding hydrogens is 464 g/mol. The second-order valence-electron chi connectivity index (χ2n) is 7.25. The lowest BCUT2D eigenvalue weighted by atomic mass is 9.98. The van der Waals surface area contributed by atoms with E-state index >= 15 is 0 Å². The van der Waals surface area contributed by atoms with Crippen molar-refractivity contribution in [2.24, 2.45) is 5.92 Å². The molecular formula is C20H23F2N3O5S2. The van der Waals surface area contributed by atoms with E-state index in [1.807, 2.05) is 6.92 Å². The molecule has 1 aromatic carbocycles. The molecule has 1 amide bonds. The molecule has 12 heteroatoms. The Hall–Kier alpha value is -2.44. The Balaban J connectivity index is 1.55. The van der Waals surface area contributed by atoms with E-state index in [1.54, 1.807) is 5.38 Å². The minimum absolute atomic E-state index is 0.0109. The van der Waals surface area contributed by atoms with Gasteiger partial charge in [0.25, 0.3) is 0 Å². The first-order chi connectivity index (χ1) is 15.1. The maximum Gasteiger partial charge on any atom is 0.309 e. The first kappa shape index (κ1) is 24.2. The van der Waals surface area contributed by atoms with Crippen LogP contribution in [0.5, 0.6) is 0 Å². The molecule has 0 bridgehead atoms. The van der Waals surface area contributed by atoms with Crippen LogP contribution in [0.15, 0.2) is 28.5 Å². The third-order valence-electron chi connectivity index (χ3n) is 5.13. The molecule has 2 aromatic rings. The molecule has 0 radical (unpaired) electrons. The van der Waals surface area contributed by atoms with Crippen molar-refractivity contribution < 1.29 is 31.5 Å². The summed E-state index contributed by atoms with van der Waals surface area (Å²) in [5.41, 5.74) is 0.514. The fraction of sp³-hybridized carbons (Fsp3) is 0.450. The van der Waals surface area contributed by atoms with E-state index in [0.717, 1.165) is 16.4 Å². The van der Waals surface area contributed by atoms with Gasteiger partial charge in [0.1, 0.15) is 23.1 Å². The molecule has 174 valence electrons. The van der Waals surface area contributed by atoms with Crippen LogP contribution < -0.4 is 4.90 Å². The number of carbonyl (C=O) groups is 2. The lowest BCUT2D eigenvalue weighted by molar-refractivity contribution is -0.151. The van der Waals surface area contributed by atoms with Gasteiger partial charge in [-0.15, -0.1) is 11.3 Å². The average molecular weight is 488 g/mol. The van der Waals surface area contributed by atoms with E-state index < -0.39 is 38.4 Å². The molecule has 0 unspecified atom stereocenters. The summed E-state index contributed by atoms with van der Waals surface area (Å²) in [6.07, 6.45) is 0.399. The van der Waals surface area contributed by atoms with Crippen LogP contribution >= 0.6 is 11.3 Å². The van der Waals surface area contributed by atoms with Crippen LogP contribution in [0.3, 0.4) is 0 Å². The summed E-state index contributed by atoms with van der Waals surface area (Å²) in [4.78, 5) is 29.1. The lowest BCUT2D eigenvalue weighted by Crippen LogP contribution is -2.40. The molecule has 1 aliphatic rings. The lowest BCUT2D eigenvalue weighted by Gasteiger charge is -2.30. The number of carbonyl (C=O) groups excluding carboxylic acids is 2. The Kier molecular flexibility index (Phi) is 7.57. The first-order valence-electron chi connectivity index (χ1n) is 9.97. The molecule has 0 N–H and O–H groups in total. The Bertz CT molecular complexity index is 1100. The van der Waals surface area contributed by atoms with Crippen LogP contribution in [0.1, 0.15) is 32.4 Å². The van der Waals surface area contributed by atoms with Gasteiger partial charge in [0.2, 0.25) is 15.9 Å². The van der Waals surface area contributed by atoms with Crippen molar-refractivity contribution in [1.29, 1.82) is 0 Å². The highest BCUT2D eigenvalue weighted by atomic mass is 32.2. The minimum Gasteiger partial charge on any atom is -0.459 e. The van der Waals surface area contributed by atoms with Crippen LogP contribution in [0, 0.1) is 17.6 Å². The average Bonchev–Trinajstić information content (AvgIpc) is 3.22. The van der Waals surface area contributed by atoms with Crippen molar-refractivity contribution in [1.82, 2.24) is 9.29 Å². The van der Waals surface area contributed by atoms with Gasteiger partial charge in [0.15, 0.2) is 5.13 Å². The highest BCUT2D eigenvalue weighted by Crippen LogP contribution is 2.27. The van der Waals surface area contributed by atoms with Crippen molar-refractivity contribution in [3.8, 4) is 0 Å². The molecule has 0 aliphatic carbocycles. The normalized spacial score (nSPS) is 15.5. The summed E-state index contributed by atoms with van der Waals surface area (Å²) >= 11 is 1.27. The fourth-order valence-electron chi connectivity index (χ4n) is 3.39. The molecule has 2 heterocycles. The van der Waals surface area contributed by atoms with Gasteiger partial charge in [0, 0.05) is 31.9 Å². The number of nitrogens with zero attached hydrogens (tertiary/aromatic N) is 3. The predicted molar refractivity (Wildman–Crippen MR) is 113 cm³/mol. The van der Waals surface area contributed by atoms with Gasteiger partial charge in [-0.25, -0.2) is 22.2 Å². The van der Waals surface area contributed by atoms with E-state index in [-0.39, 0.29) is 38.4 Å². The molecule has 1 fully saturated rings. The molecule has 3 rings (SSSR count). The minimum atomic E-state index is -4.21. The first-order valence-corrected chi connectivity index (χ1v) is 12.3. The summed E-state index contributed by atoms with van der Waals surface area (Å²) in [5.74, 6) is -3.00. The second-order valence-corrected chi connectivity index (χ2v) is 9.99. The topological polar surface area (TPSA) is 96.9 Å². The zero-order valence-electron chi connectivity index (χ0n) is 17.6. The van der Waals surface area contributed by atoms with Gasteiger partial charge >= 0.3 is 5.97 Å². The number of piperidine rings is 1. The Morgan fingerprint density at radius 3 is 2.59 bits per heavy atom. The van der Waals surface area contributed by atoms with E-state index in [0.29, 0.717) is 23.4 Å². The molecule has 0 saturated carbocycles. The summed E-state index contributed by atoms with van der Waals surface area (Å²) in [5, 5.41) is 2.23. The number of anilines is 1. The number of benzene rings is 1. The van der Waals surface area contributed by atoms with Crippen molar-refractivity contribution >= 4 is 38.4 Å². The number of halogens is 2. The molecule has 32 heavy (non-hydrogen) atoms. The number of ether oxygens (including phenoxy) is 1. The number of rotatable bonds is 7. The van der Waals surface area contributed by atoms with Crippen LogP contribution in [0.25, 0.3) is 0 Å². The van der Waals surface area contributed by atoms with Crippen LogP contribution in [0.4, 0.5) is 13.9 Å². The van der Waals surface area contributed by atoms with E-state index in [9.17, 15) is 26.8 Å². The van der Waals surface area contributed by atoms with Gasteiger partial charge < -0.3 is 4.74 Å². The smallest absolute Gasteiger partial charge is 0.309 e. The van der Waals surface area contributed by atoms with E-state index in [4.69, 9.17) is 4.74 Å². The molecule has 0 spiro atoms. The van der Waals surface area contributed by atoms with Crippen molar-refractivity contribution in [2.45, 2.75) is 38.2 Å². The number of esters is 1. The second kappa shape index (κ2) is 10.0. The van der Waals surface area contributed by atoms with Crippen molar-refractivity contribution in [3.05, 3.63) is 40.9 Å². The summed E-state index contributed by atoms with van der Waals surface area (Å²) in [7, 11) is -4.21. The maximum atomic E-state index is 13.9. The van der Waals surface area contributed by atoms with Gasteiger partial charge in [0.05, 0.1) is 11.6 Å². The fourth-order valence-corrected chi connectivity index (χ4v) is 5.85. The zero-order chi connectivity index (χ0) is 23.5. The molecule has 1 aliphatic heterocycles.